The molecule has 0 spiro atoms. The average molecular weight is 243 g/mol. The molecule has 0 radical (unpaired) electrons. The standard InChI is InChI=1S/C15H21N3/c1-3-18-14(11-12(2)17-18)9-10-15(16)13-7-5-4-6-8-13/h4-8,11,15H,3,9-10,16H2,1-2H3. The molecule has 3 nitrogen and oxygen atoms in total. The molecule has 1 heterocycles. The molecule has 1 unspecified atom stereocenters. The highest BCUT2D eigenvalue weighted by molar-refractivity contribution is 5.19. The van der Waals surface area contributed by atoms with E-state index >= 15 is 0 Å². The highest BCUT2D eigenvalue weighted by Gasteiger charge is 2.09. The Labute approximate surface area is 109 Å². The van der Waals surface area contributed by atoms with Crippen LogP contribution < -0.4 is 5.73 Å². The van der Waals surface area contributed by atoms with Crippen LogP contribution in [-0.2, 0) is 13.0 Å². The van der Waals surface area contributed by atoms with Crippen molar-refractivity contribution in [1.29, 1.82) is 0 Å². The van der Waals surface area contributed by atoms with Crippen molar-refractivity contribution in [2.24, 2.45) is 5.73 Å². The fraction of sp³-hybridized carbons (Fsp3) is 0.400. The van der Waals surface area contributed by atoms with Crippen LogP contribution in [0.15, 0.2) is 36.4 Å². The summed E-state index contributed by atoms with van der Waals surface area (Å²) in [4.78, 5) is 0. The molecule has 96 valence electrons. The summed E-state index contributed by atoms with van der Waals surface area (Å²) in [7, 11) is 0. The SMILES string of the molecule is CCn1nc(C)cc1CCC(N)c1ccccc1. The minimum absolute atomic E-state index is 0.103. The number of aromatic nitrogens is 2. The van der Waals surface area contributed by atoms with Gasteiger partial charge < -0.3 is 5.73 Å². The maximum atomic E-state index is 6.21. The lowest BCUT2D eigenvalue weighted by atomic mass is 10.0. The molecule has 0 amide bonds. The van der Waals surface area contributed by atoms with Crippen LogP contribution in [0.1, 0.15) is 36.3 Å². The van der Waals surface area contributed by atoms with Crippen molar-refractivity contribution >= 4 is 0 Å². The summed E-state index contributed by atoms with van der Waals surface area (Å²) >= 11 is 0. The Bertz CT molecular complexity index is 488. The molecule has 18 heavy (non-hydrogen) atoms. The third-order valence-corrected chi connectivity index (χ3v) is 3.22. The van der Waals surface area contributed by atoms with E-state index in [-0.39, 0.29) is 6.04 Å². The van der Waals surface area contributed by atoms with Crippen molar-refractivity contribution in [2.75, 3.05) is 0 Å². The summed E-state index contributed by atoms with van der Waals surface area (Å²) in [6, 6.07) is 12.5. The summed E-state index contributed by atoms with van der Waals surface area (Å²) < 4.78 is 2.06. The van der Waals surface area contributed by atoms with Crippen LogP contribution in [0.5, 0.6) is 0 Å². The van der Waals surface area contributed by atoms with E-state index in [1.807, 2.05) is 25.1 Å². The lowest BCUT2D eigenvalue weighted by molar-refractivity contribution is 0.578. The maximum Gasteiger partial charge on any atom is 0.0596 e. The van der Waals surface area contributed by atoms with Crippen LogP contribution in [0, 0.1) is 6.92 Å². The number of nitrogens with two attached hydrogens (primary N) is 1. The zero-order valence-electron chi connectivity index (χ0n) is 11.1. The molecule has 0 fully saturated rings. The van der Waals surface area contributed by atoms with Gasteiger partial charge in [-0.25, -0.2) is 0 Å². The smallest absolute Gasteiger partial charge is 0.0596 e. The first-order chi connectivity index (χ1) is 8.70. The zero-order valence-corrected chi connectivity index (χ0v) is 11.1. The van der Waals surface area contributed by atoms with Gasteiger partial charge in [-0.1, -0.05) is 30.3 Å². The van der Waals surface area contributed by atoms with Crippen molar-refractivity contribution in [3.05, 3.63) is 53.3 Å². The third-order valence-electron chi connectivity index (χ3n) is 3.22. The quantitative estimate of drug-likeness (QED) is 0.877. The number of hydrogen-bond acceptors (Lipinski definition) is 2. The first kappa shape index (κ1) is 12.8. The summed E-state index contributed by atoms with van der Waals surface area (Å²) in [5.74, 6) is 0. The maximum absolute atomic E-state index is 6.21. The van der Waals surface area contributed by atoms with Crippen molar-refractivity contribution < 1.29 is 0 Å². The Hall–Kier alpha value is -1.61. The molecule has 0 aliphatic carbocycles. The van der Waals surface area contributed by atoms with E-state index in [0.717, 1.165) is 25.1 Å². The normalized spacial score (nSPS) is 12.6. The molecule has 3 heteroatoms. The second-order valence-corrected chi connectivity index (χ2v) is 4.65. The first-order valence-electron chi connectivity index (χ1n) is 6.54. The summed E-state index contributed by atoms with van der Waals surface area (Å²) in [5, 5.41) is 4.46. The van der Waals surface area contributed by atoms with E-state index < -0.39 is 0 Å². The van der Waals surface area contributed by atoms with Gasteiger partial charge in [0.25, 0.3) is 0 Å². The van der Waals surface area contributed by atoms with Crippen LogP contribution in [-0.4, -0.2) is 9.78 Å². The third kappa shape index (κ3) is 2.99. The van der Waals surface area contributed by atoms with Gasteiger partial charge in [0.2, 0.25) is 0 Å². The summed E-state index contributed by atoms with van der Waals surface area (Å²) in [5.41, 5.74) is 9.78. The van der Waals surface area contributed by atoms with E-state index in [1.165, 1.54) is 11.3 Å². The van der Waals surface area contributed by atoms with Crippen LogP contribution >= 0.6 is 0 Å². The van der Waals surface area contributed by atoms with Crippen LogP contribution in [0.2, 0.25) is 0 Å². The predicted molar refractivity (Wildman–Crippen MR) is 74.3 cm³/mol. The molecule has 0 saturated carbocycles. The number of aryl methyl sites for hydroxylation is 3. The molecule has 2 N–H and O–H groups in total. The first-order valence-corrected chi connectivity index (χ1v) is 6.54. The largest absolute Gasteiger partial charge is 0.324 e. The van der Waals surface area contributed by atoms with Gasteiger partial charge in [-0.05, 0) is 38.3 Å². The lowest BCUT2D eigenvalue weighted by Crippen LogP contribution is -2.12. The highest BCUT2D eigenvalue weighted by Crippen LogP contribution is 2.17. The van der Waals surface area contributed by atoms with E-state index in [1.54, 1.807) is 0 Å². The van der Waals surface area contributed by atoms with Gasteiger partial charge in [-0.3, -0.25) is 4.68 Å². The monoisotopic (exact) mass is 243 g/mol. The highest BCUT2D eigenvalue weighted by atomic mass is 15.3. The van der Waals surface area contributed by atoms with Crippen molar-refractivity contribution in [3.63, 3.8) is 0 Å². The lowest BCUT2D eigenvalue weighted by Gasteiger charge is -2.12. The van der Waals surface area contributed by atoms with E-state index in [0.29, 0.717) is 0 Å². The molecule has 1 atom stereocenters. The Morgan fingerprint density at radius 1 is 1.28 bits per heavy atom. The van der Waals surface area contributed by atoms with E-state index in [4.69, 9.17) is 5.73 Å². The molecule has 0 bridgehead atoms. The second kappa shape index (κ2) is 5.83. The molecular formula is C15H21N3. The second-order valence-electron chi connectivity index (χ2n) is 4.65. The number of rotatable bonds is 5. The minimum Gasteiger partial charge on any atom is -0.324 e. The fourth-order valence-corrected chi connectivity index (χ4v) is 2.24. The van der Waals surface area contributed by atoms with Crippen molar-refractivity contribution in [1.82, 2.24) is 9.78 Å². The molecule has 1 aromatic carbocycles. The topological polar surface area (TPSA) is 43.8 Å². The Morgan fingerprint density at radius 2 is 2.00 bits per heavy atom. The zero-order chi connectivity index (χ0) is 13.0. The Morgan fingerprint density at radius 3 is 2.67 bits per heavy atom. The summed E-state index contributed by atoms with van der Waals surface area (Å²) in [6.45, 7) is 5.07. The van der Waals surface area contributed by atoms with Crippen LogP contribution in [0.25, 0.3) is 0 Å². The van der Waals surface area contributed by atoms with Gasteiger partial charge >= 0.3 is 0 Å². The summed E-state index contributed by atoms with van der Waals surface area (Å²) in [6.07, 6.45) is 1.93. The minimum atomic E-state index is 0.103. The molecule has 2 rings (SSSR count). The molecule has 0 saturated heterocycles. The average Bonchev–Trinajstić information content (AvgIpc) is 2.77. The van der Waals surface area contributed by atoms with Crippen molar-refractivity contribution in [2.45, 2.75) is 39.3 Å². The van der Waals surface area contributed by atoms with Gasteiger partial charge in [-0.15, -0.1) is 0 Å². The Kier molecular flexibility index (Phi) is 4.15. The van der Waals surface area contributed by atoms with Crippen LogP contribution in [0.3, 0.4) is 0 Å². The van der Waals surface area contributed by atoms with Crippen molar-refractivity contribution in [3.8, 4) is 0 Å². The van der Waals surface area contributed by atoms with Gasteiger partial charge in [0.15, 0.2) is 0 Å². The van der Waals surface area contributed by atoms with E-state index in [9.17, 15) is 0 Å². The van der Waals surface area contributed by atoms with Crippen LogP contribution in [0.4, 0.5) is 0 Å². The number of benzene rings is 1. The van der Waals surface area contributed by atoms with Gasteiger partial charge in [0, 0.05) is 18.3 Å². The molecule has 1 aromatic heterocycles. The molecule has 0 aliphatic rings. The number of hydrogen-bond donors (Lipinski definition) is 1. The Balaban J connectivity index is 1.99. The molecular weight excluding hydrogens is 222 g/mol. The fourth-order valence-electron chi connectivity index (χ4n) is 2.24. The van der Waals surface area contributed by atoms with Gasteiger partial charge in [-0.2, -0.15) is 5.10 Å². The van der Waals surface area contributed by atoms with Gasteiger partial charge in [0.1, 0.15) is 0 Å². The van der Waals surface area contributed by atoms with E-state index in [2.05, 4.69) is 34.9 Å². The molecule has 0 aliphatic heterocycles. The molecule has 2 aromatic rings. The predicted octanol–water partition coefficient (Wildman–Crippen LogP) is 2.84. The number of nitrogens with zero attached hydrogens (tertiary/aromatic N) is 2. The van der Waals surface area contributed by atoms with Gasteiger partial charge in [0.05, 0.1) is 5.69 Å².